The highest BCUT2D eigenvalue weighted by atomic mass is 16.4. The monoisotopic (exact) mass is 331 g/mol. The average molecular weight is 331 g/mol. The zero-order valence-corrected chi connectivity index (χ0v) is 13.4. The van der Waals surface area contributed by atoms with Gasteiger partial charge in [-0.2, -0.15) is 5.10 Å². The van der Waals surface area contributed by atoms with Gasteiger partial charge >= 0.3 is 5.97 Å². The van der Waals surface area contributed by atoms with E-state index in [1.807, 2.05) is 0 Å². The summed E-state index contributed by atoms with van der Waals surface area (Å²) < 4.78 is 0. The minimum absolute atomic E-state index is 0.210. The number of carboxylic acid groups (broad SMARTS) is 1. The Morgan fingerprint density at radius 3 is 2.46 bits per heavy atom. The molecule has 2 rings (SSSR count). The molecule has 1 amide bonds. The normalized spacial score (nSPS) is 10.7. The number of carbonyl (C=O) groups is 2. The maximum absolute atomic E-state index is 12.2. The zero-order valence-electron chi connectivity index (χ0n) is 13.4. The van der Waals surface area contributed by atoms with Crippen LogP contribution in [0.25, 0.3) is 10.8 Å². The number of nitrogens with one attached hydrogen (secondary N) is 2. The van der Waals surface area contributed by atoms with E-state index in [0.29, 0.717) is 23.7 Å². The number of amides is 1. The number of hydrogen-bond acceptors (Lipinski definition) is 4. The Morgan fingerprint density at radius 2 is 1.71 bits per heavy atom. The standard InChI is InChI=1S/C17H21N3O4/c21-14(22)10-4-2-1-3-7-11-18-17(24)15-12-8-5-6-9-13(12)16(23)20-19-15/h5-6,8-9H,1-4,7,10-11H2,(H,18,24)(H,20,23)(H,21,22). The molecular formula is C17H21N3O4. The van der Waals surface area contributed by atoms with E-state index in [9.17, 15) is 14.4 Å². The van der Waals surface area contributed by atoms with E-state index in [2.05, 4.69) is 15.5 Å². The predicted molar refractivity (Wildman–Crippen MR) is 90.0 cm³/mol. The van der Waals surface area contributed by atoms with Crippen molar-refractivity contribution in [2.75, 3.05) is 6.54 Å². The molecule has 0 atom stereocenters. The number of benzene rings is 1. The van der Waals surface area contributed by atoms with Gasteiger partial charge in [0.15, 0.2) is 5.69 Å². The van der Waals surface area contributed by atoms with Gasteiger partial charge in [0.05, 0.1) is 5.39 Å². The molecule has 3 N–H and O–H groups in total. The molecule has 0 saturated heterocycles. The largest absolute Gasteiger partial charge is 0.481 e. The summed E-state index contributed by atoms with van der Waals surface area (Å²) in [6.45, 7) is 0.521. The quantitative estimate of drug-likeness (QED) is 0.609. The number of nitrogens with zero attached hydrogens (tertiary/aromatic N) is 1. The number of unbranched alkanes of at least 4 members (excludes halogenated alkanes) is 4. The van der Waals surface area contributed by atoms with E-state index in [1.54, 1.807) is 24.3 Å². The van der Waals surface area contributed by atoms with E-state index in [4.69, 9.17) is 5.11 Å². The lowest BCUT2D eigenvalue weighted by atomic mass is 10.1. The Kier molecular flexibility index (Phi) is 6.48. The third-order valence-corrected chi connectivity index (χ3v) is 3.76. The third kappa shape index (κ3) is 4.91. The van der Waals surface area contributed by atoms with Crippen molar-refractivity contribution in [3.05, 3.63) is 40.3 Å². The van der Waals surface area contributed by atoms with E-state index in [1.165, 1.54) is 0 Å². The summed E-state index contributed by atoms with van der Waals surface area (Å²) in [5.41, 5.74) is -0.102. The first-order valence-corrected chi connectivity index (χ1v) is 8.07. The Morgan fingerprint density at radius 1 is 1.04 bits per heavy atom. The Balaban J connectivity index is 1.79. The molecule has 2 aromatic rings. The lowest BCUT2D eigenvalue weighted by Crippen LogP contribution is -2.27. The van der Waals surface area contributed by atoms with Gasteiger partial charge in [0.25, 0.3) is 11.5 Å². The SMILES string of the molecule is O=C(O)CCCCCCCNC(=O)c1n[nH]c(=O)c2ccccc12. The molecule has 0 unspecified atom stereocenters. The Hall–Kier alpha value is -2.70. The summed E-state index contributed by atoms with van der Waals surface area (Å²) in [4.78, 5) is 34.3. The van der Waals surface area contributed by atoms with Crippen molar-refractivity contribution in [3.63, 3.8) is 0 Å². The minimum atomic E-state index is -0.761. The number of aromatic amines is 1. The molecule has 0 saturated carbocycles. The number of hydrogen-bond donors (Lipinski definition) is 3. The van der Waals surface area contributed by atoms with Gasteiger partial charge in [-0.1, -0.05) is 37.5 Å². The summed E-state index contributed by atoms with van der Waals surface area (Å²) in [6, 6.07) is 6.86. The van der Waals surface area contributed by atoms with Crippen molar-refractivity contribution in [1.29, 1.82) is 0 Å². The first-order chi connectivity index (χ1) is 11.6. The fourth-order valence-corrected chi connectivity index (χ4v) is 2.51. The highest BCUT2D eigenvalue weighted by Crippen LogP contribution is 2.12. The maximum atomic E-state index is 12.2. The van der Waals surface area contributed by atoms with Crippen LogP contribution in [0.5, 0.6) is 0 Å². The van der Waals surface area contributed by atoms with Crippen molar-refractivity contribution in [2.24, 2.45) is 0 Å². The second-order valence-electron chi connectivity index (χ2n) is 5.61. The molecule has 0 bridgehead atoms. The number of carboxylic acids is 1. The molecule has 7 nitrogen and oxygen atoms in total. The van der Waals surface area contributed by atoms with Gasteiger partial charge in [-0.05, 0) is 18.9 Å². The highest BCUT2D eigenvalue weighted by Gasteiger charge is 2.13. The van der Waals surface area contributed by atoms with Crippen molar-refractivity contribution in [2.45, 2.75) is 38.5 Å². The lowest BCUT2D eigenvalue weighted by molar-refractivity contribution is -0.137. The maximum Gasteiger partial charge on any atom is 0.303 e. The molecule has 128 valence electrons. The predicted octanol–water partition coefficient (Wildman–Crippen LogP) is 2.08. The summed E-state index contributed by atoms with van der Waals surface area (Å²) in [7, 11) is 0. The number of aromatic nitrogens is 2. The van der Waals surface area contributed by atoms with Crippen LogP contribution in [0.15, 0.2) is 29.1 Å². The molecular weight excluding hydrogens is 310 g/mol. The van der Waals surface area contributed by atoms with Gasteiger partial charge < -0.3 is 10.4 Å². The average Bonchev–Trinajstić information content (AvgIpc) is 2.57. The Labute approximate surface area is 139 Å². The molecule has 0 aliphatic heterocycles. The number of fused-ring (bicyclic) bond motifs is 1. The molecule has 0 radical (unpaired) electrons. The molecule has 0 aliphatic carbocycles. The van der Waals surface area contributed by atoms with Gasteiger partial charge in [-0.3, -0.25) is 14.4 Å². The molecule has 0 fully saturated rings. The summed E-state index contributed by atoms with van der Waals surface area (Å²) in [5.74, 6) is -1.07. The van der Waals surface area contributed by atoms with E-state index in [-0.39, 0.29) is 23.6 Å². The van der Waals surface area contributed by atoms with Crippen LogP contribution in [0.3, 0.4) is 0 Å². The van der Waals surface area contributed by atoms with Gasteiger partial charge in [0, 0.05) is 18.4 Å². The second kappa shape index (κ2) is 8.81. The van der Waals surface area contributed by atoms with Gasteiger partial charge in [-0.15, -0.1) is 0 Å². The summed E-state index contributed by atoms with van der Waals surface area (Å²) in [6.07, 6.45) is 4.48. The summed E-state index contributed by atoms with van der Waals surface area (Å²) >= 11 is 0. The van der Waals surface area contributed by atoms with Crippen LogP contribution in [0.4, 0.5) is 0 Å². The van der Waals surface area contributed by atoms with Crippen LogP contribution >= 0.6 is 0 Å². The van der Waals surface area contributed by atoms with Crippen LogP contribution < -0.4 is 10.9 Å². The third-order valence-electron chi connectivity index (χ3n) is 3.76. The van der Waals surface area contributed by atoms with E-state index in [0.717, 1.165) is 25.7 Å². The van der Waals surface area contributed by atoms with Crippen LogP contribution in [-0.4, -0.2) is 33.7 Å². The van der Waals surface area contributed by atoms with Crippen LogP contribution in [0.2, 0.25) is 0 Å². The number of rotatable bonds is 9. The smallest absolute Gasteiger partial charge is 0.303 e. The van der Waals surface area contributed by atoms with Crippen LogP contribution in [0.1, 0.15) is 49.0 Å². The topological polar surface area (TPSA) is 112 Å². The van der Waals surface area contributed by atoms with Crippen LogP contribution in [0, 0.1) is 0 Å². The first-order valence-electron chi connectivity index (χ1n) is 8.07. The molecule has 7 heteroatoms. The van der Waals surface area contributed by atoms with Crippen molar-refractivity contribution < 1.29 is 14.7 Å². The van der Waals surface area contributed by atoms with E-state index < -0.39 is 5.97 Å². The molecule has 1 aromatic heterocycles. The molecule has 24 heavy (non-hydrogen) atoms. The Bertz CT molecular complexity index is 770. The van der Waals surface area contributed by atoms with Crippen molar-refractivity contribution in [3.8, 4) is 0 Å². The minimum Gasteiger partial charge on any atom is -0.481 e. The highest BCUT2D eigenvalue weighted by molar-refractivity contribution is 6.04. The lowest BCUT2D eigenvalue weighted by Gasteiger charge is -2.06. The second-order valence-corrected chi connectivity index (χ2v) is 5.61. The van der Waals surface area contributed by atoms with E-state index >= 15 is 0 Å². The van der Waals surface area contributed by atoms with Gasteiger partial charge in [0.2, 0.25) is 0 Å². The van der Waals surface area contributed by atoms with Crippen molar-refractivity contribution >= 4 is 22.6 Å². The molecule has 0 spiro atoms. The zero-order chi connectivity index (χ0) is 17.4. The van der Waals surface area contributed by atoms with Crippen molar-refractivity contribution in [1.82, 2.24) is 15.5 Å². The first kappa shape index (κ1) is 17.7. The molecule has 0 aliphatic rings. The molecule has 1 heterocycles. The fourth-order valence-electron chi connectivity index (χ4n) is 2.51. The number of H-pyrrole nitrogens is 1. The number of aliphatic carboxylic acids is 1. The van der Waals surface area contributed by atoms with Gasteiger partial charge in [-0.25, -0.2) is 5.10 Å². The summed E-state index contributed by atoms with van der Waals surface area (Å²) in [5, 5.41) is 18.5. The van der Waals surface area contributed by atoms with Crippen LogP contribution in [-0.2, 0) is 4.79 Å². The van der Waals surface area contributed by atoms with Gasteiger partial charge in [0.1, 0.15) is 0 Å². The fraction of sp³-hybridized carbons (Fsp3) is 0.412. The number of carbonyl (C=O) groups excluding carboxylic acids is 1. The molecule has 1 aromatic carbocycles.